The third-order valence-electron chi connectivity index (χ3n) is 3.50. The molecule has 0 saturated heterocycles. The lowest BCUT2D eigenvalue weighted by atomic mass is 9.82. The third-order valence-corrected chi connectivity index (χ3v) is 4.44. The first kappa shape index (κ1) is 14.9. The van der Waals surface area contributed by atoms with Gasteiger partial charge in [-0.2, -0.15) is 5.26 Å². The molecule has 2 rings (SSSR count). The number of hydrogen-bond acceptors (Lipinski definition) is 4. The van der Waals surface area contributed by atoms with Crippen molar-refractivity contribution in [3.63, 3.8) is 0 Å². The number of nitrogens with zero attached hydrogens (tertiary/aromatic N) is 2. The molecule has 106 valence electrons. The molecule has 1 aliphatic rings. The van der Waals surface area contributed by atoms with Crippen molar-refractivity contribution in [2.45, 2.75) is 23.8 Å². The molecule has 0 unspecified atom stereocenters. The minimum absolute atomic E-state index is 0.0209. The monoisotopic (exact) mass is 290 g/mol. The second kappa shape index (κ2) is 6.78. The number of nitriles is 1. The first-order chi connectivity index (χ1) is 9.61. The summed E-state index contributed by atoms with van der Waals surface area (Å²) in [4.78, 5) is 15.0. The number of rotatable bonds is 5. The molecule has 0 bridgehead atoms. The molecule has 0 atom stereocenters. The molecule has 1 aliphatic carbocycles. The molecule has 0 aromatic heterocycles. The Balaban J connectivity index is 2.02. The van der Waals surface area contributed by atoms with Crippen LogP contribution >= 0.6 is 11.8 Å². The molecule has 1 aromatic carbocycles. The van der Waals surface area contributed by atoms with E-state index in [1.807, 2.05) is 18.2 Å². The lowest BCUT2D eigenvalue weighted by molar-refractivity contribution is 0.0264. The van der Waals surface area contributed by atoms with Gasteiger partial charge in [-0.15, -0.1) is 11.8 Å². The van der Waals surface area contributed by atoms with Crippen LogP contribution in [0.4, 0.5) is 0 Å². The Kier molecular flexibility index (Phi) is 5.05. The fourth-order valence-corrected chi connectivity index (χ4v) is 3.11. The van der Waals surface area contributed by atoms with E-state index in [9.17, 15) is 9.90 Å². The van der Waals surface area contributed by atoms with Crippen LogP contribution in [0.15, 0.2) is 29.2 Å². The van der Waals surface area contributed by atoms with E-state index in [0.717, 1.165) is 17.7 Å². The predicted octanol–water partition coefficient (Wildman–Crippen LogP) is 2.15. The molecule has 5 heteroatoms. The number of amides is 1. The Morgan fingerprint density at radius 2 is 2.20 bits per heavy atom. The Morgan fingerprint density at radius 1 is 1.50 bits per heavy atom. The van der Waals surface area contributed by atoms with E-state index in [-0.39, 0.29) is 12.0 Å². The van der Waals surface area contributed by atoms with Crippen LogP contribution in [0, 0.1) is 17.2 Å². The van der Waals surface area contributed by atoms with Gasteiger partial charge >= 0.3 is 0 Å². The Morgan fingerprint density at radius 3 is 2.85 bits per heavy atom. The molecular formula is C15H18N2O2S. The number of carbonyl (C=O) groups excluding carboxylic acids is 1. The van der Waals surface area contributed by atoms with Crippen molar-refractivity contribution in [3.8, 4) is 6.07 Å². The first-order valence-corrected chi connectivity index (χ1v) is 7.62. The molecule has 0 radical (unpaired) electrons. The minimum Gasteiger partial charge on any atom is -0.393 e. The molecule has 20 heavy (non-hydrogen) atoms. The molecule has 0 heterocycles. The van der Waals surface area contributed by atoms with Gasteiger partial charge in [0.25, 0.3) is 5.91 Å². The van der Waals surface area contributed by atoms with Crippen LogP contribution in [0.25, 0.3) is 0 Å². The van der Waals surface area contributed by atoms with Gasteiger partial charge in [0.05, 0.1) is 23.5 Å². The summed E-state index contributed by atoms with van der Waals surface area (Å²) in [7, 11) is 1.79. The summed E-state index contributed by atoms with van der Waals surface area (Å²) in [6, 6.07) is 9.46. The molecule has 1 amide bonds. The summed E-state index contributed by atoms with van der Waals surface area (Å²) >= 11 is 1.38. The van der Waals surface area contributed by atoms with Gasteiger partial charge in [-0.1, -0.05) is 12.1 Å². The summed E-state index contributed by atoms with van der Waals surface area (Å²) in [5.41, 5.74) is 0.648. The molecule has 1 aromatic rings. The van der Waals surface area contributed by atoms with Gasteiger partial charge in [0.15, 0.2) is 0 Å². The van der Waals surface area contributed by atoms with Crippen LogP contribution in [-0.2, 0) is 0 Å². The van der Waals surface area contributed by atoms with E-state index in [1.165, 1.54) is 11.8 Å². The number of hydrogen-bond donors (Lipinski definition) is 1. The summed E-state index contributed by atoms with van der Waals surface area (Å²) in [5.74, 6) is 0.716. The second-order valence-electron chi connectivity index (χ2n) is 5.12. The van der Waals surface area contributed by atoms with Crippen molar-refractivity contribution in [1.82, 2.24) is 4.90 Å². The second-order valence-corrected chi connectivity index (χ2v) is 6.14. The fourth-order valence-electron chi connectivity index (χ4n) is 2.40. The number of aliphatic hydroxyl groups is 1. The predicted molar refractivity (Wildman–Crippen MR) is 78.5 cm³/mol. The van der Waals surface area contributed by atoms with Crippen molar-refractivity contribution in [1.29, 1.82) is 5.26 Å². The van der Waals surface area contributed by atoms with Crippen LogP contribution in [-0.4, -0.2) is 41.4 Å². The third kappa shape index (κ3) is 3.53. The SMILES string of the molecule is CN(CC1CC(O)C1)C(=O)c1ccccc1SCC#N. The van der Waals surface area contributed by atoms with Gasteiger partial charge in [0.2, 0.25) is 0 Å². The lowest BCUT2D eigenvalue weighted by Crippen LogP contribution is -2.39. The molecule has 4 nitrogen and oxygen atoms in total. The molecular weight excluding hydrogens is 272 g/mol. The van der Waals surface area contributed by atoms with Crippen LogP contribution in [0.1, 0.15) is 23.2 Å². The van der Waals surface area contributed by atoms with E-state index in [2.05, 4.69) is 6.07 Å². The maximum Gasteiger partial charge on any atom is 0.254 e. The van der Waals surface area contributed by atoms with Gasteiger partial charge in [-0.25, -0.2) is 0 Å². The average Bonchev–Trinajstić information content (AvgIpc) is 2.43. The van der Waals surface area contributed by atoms with Crippen molar-refractivity contribution in [2.75, 3.05) is 19.3 Å². The van der Waals surface area contributed by atoms with Crippen LogP contribution < -0.4 is 0 Å². The van der Waals surface area contributed by atoms with Gasteiger partial charge in [-0.3, -0.25) is 4.79 Å². The summed E-state index contributed by atoms with van der Waals surface area (Å²) in [6.07, 6.45) is 1.37. The smallest absolute Gasteiger partial charge is 0.254 e. The van der Waals surface area contributed by atoms with Gasteiger partial charge in [0.1, 0.15) is 0 Å². The van der Waals surface area contributed by atoms with E-state index < -0.39 is 0 Å². The quantitative estimate of drug-likeness (QED) is 0.844. The standard InChI is InChI=1S/C15H18N2O2S/c1-17(10-11-8-12(18)9-11)15(19)13-4-2-3-5-14(13)20-7-6-16/h2-5,11-12,18H,7-10H2,1H3. The van der Waals surface area contributed by atoms with Gasteiger partial charge in [-0.05, 0) is 30.9 Å². The molecule has 1 N–H and O–H groups in total. The van der Waals surface area contributed by atoms with Gasteiger partial charge < -0.3 is 10.0 Å². The first-order valence-electron chi connectivity index (χ1n) is 6.64. The largest absolute Gasteiger partial charge is 0.393 e. The van der Waals surface area contributed by atoms with Crippen LogP contribution in [0.2, 0.25) is 0 Å². The zero-order chi connectivity index (χ0) is 14.5. The highest BCUT2D eigenvalue weighted by Crippen LogP contribution is 2.29. The summed E-state index contributed by atoms with van der Waals surface area (Å²) in [5, 5.41) is 18.0. The maximum absolute atomic E-state index is 12.5. The number of benzene rings is 1. The molecule has 1 fully saturated rings. The van der Waals surface area contributed by atoms with E-state index in [4.69, 9.17) is 5.26 Å². The van der Waals surface area contributed by atoms with Crippen LogP contribution in [0.3, 0.4) is 0 Å². The van der Waals surface area contributed by atoms with E-state index in [0.29, 0.717) is 23.8 Å². The zero-order valence-electron chi connectivity index (χ0n) is 11.5. The Bertz CT molecular complexity index is 521. The minimum atomic E-state index is -0.193. The highest BCUT2D eigenvalue weighted by Gasteiger charge is 2.29. The normalized spacial score (nSPS) is 20.9. The van der Waals surface area contributed by atoms with E-state index in [1.54, 1.807) is 18.0 Å². The van der Waals surface area contributed by atoms with Crippen molar-refractivity contribution < 1.29 is 9.90 Å². The van der Waals surface area contributed by atoms with E-state index >= 15 is 0 Å². The molecule has 0 spiro atoms. The average molecular weight is 290 g/mol. The van der Waals surface area contributed by atoms with Crippen molar-refractivity contribution in [2.24, 2.45) is 5.92 Å². The lowest BCUT2D eigenvalue weighted by Gasteiger charge is -2.34. The fraction of sp³-hybridized carbons (Fsp3) is 0.467. The maximum atomic E-state index is 12.5. The van der Waals surface area contributed by atoms with Gasteiger partial charge in [0, 0.05) is 18.5 Å². The highest BCUT2D eigenvalue weighted by atomic mass is 32.2. The van der Waals surface area contributed by atoms with Crippen LogP contribution in [0.5, 0.6) is 0 Å². The zero-order valence-corrected chi connectivity index (χ0v) is 12.3. The summed E-state index contributed by atoms with van der Waals surface area (Å²) < 4.78 is 0. The Labute approximate surface area is 123 Å². The highest BCUT2D eigenvalue weighted by molar-refractivity contribution is 7.99. The Hall–Kier alpha value is -1.51. The molecule has 0 aliphatic heterocycles. The number of carbonyl (C=O) groups is 1. The summed E-state index contributed by atoms with van der Waals surface area (Å²) in [6.45, 7) is 0.674. The number of aliphatic hydroxyl groups excluding tert-OH is 1. The van der Waals surface area contributed by atoms with Crippen molar-refractivity contribution in [3.05, 3.63) is 29.8 Å². The van der Waals surface area contributed by atoms with Crippen molar-refractivity contribution >= 4 is 17.7 Å². The topological polar surface area (TPSA) is 64.3 Å². The molecule has 1 saturated carbocycles. The number of thioether (sulfide) groups is 1.